The van der Waals surface area contributed by atoms with Gasteiger partial charge in [-0.05, 0) is 36.1 Å². The number of amides is 1. The summed E-state index contributed by atoms with van der Waals surface area (Å²) < 4.78 is 28.2. The van der Waals surface area contributed by atoms with Crippen molar-refractivity contribution in [1.82, 2.24) is 9.88 Å². The lowest BCUT2D eigenvalue weighted by Crippen LogP contribution is -2.39. The monoisotopic (exact) mass is 296 g/mol. The fourth-order valence-electron chi connectivity index (χ4n) is 1.75. The van der Waals surface area contributed by atoms with E-state index in [0.717, 1.165) is 21.4 Å². The number of nitrogens with zero attached hydrogens (tertiary/aromatic N) is 2. The Balaban J connectivity index is 2.16. The standard InChI is InChI=1S/C14H14F2N2OS/c1-10-6-8-20-11(10)9-18(2)13(19)14(15,16)12-5-3-4-7-17-12/h3-8H,9H2,1-2H3. The summed E-state index contributed by atoms with van der Waals surface area (Å²) in [7, 11) is 1.37. The van der Waals surface area contributed by atoms with Gasteiger partial charge in [-0.15, -0.1) is 11.3 Å². The first-order valence-electron chi connectivity index (χ1n) is 6.01. The minimum atomic E-state index is -3.61. The Morgan fingerprint density at radius 1 is 1.40 bits per heavy atom. The minimum absolute atomic E-state index is 0.171. The third kappa shape index (κ3) is 2.85. The number of halogens is 2. The third-order valence-corrected chi connectivity index (χ3v) is 3.96. The fraction of sp³-hybridized carbons (Fsp3) is 0.286. The van der Waals surface area contributed by atoms with E-state index in [2.05, 4.69) is 4.98 Å². The predicted octanol–water partition coefficient (Wildman–Crippen LogP) is 3.20. The van der Waals surface area contributed by atoms with Crippen LogP contribution in [0.5, 0.6) is 0 Å². The van der Waals surface area contributed by atoms with E-state index in [1.807, 2.05) is 18.4 Å². The van der Waals surface area contributed by atoms with Crippen LogP contribution in [0.2, 0.25) is 0 Å². The number of likely N-dealkylation sites (N-methyl/N-ethyl adjacent to an activating group) is 1. The first-order chi connectivity index (χ1) is 9.43. The quantitative estimate of drug-likeness (QED) is 0.868. The molecule has 0 bridgehead atoms. The average molecular weight is 296 g/mol. The van der Waals surface area contributed by atoms with E-state index >= 15 is 0 Å². The number of pyridine rings is 1. The van der Waals surface area contributed by atoms with Crippen molar-refractivity contribution in [2.45, 2.75) is 19.4 Å². The maximum Gasteiger partial charge on any atom is 0.366 e. The van der Waals surface area contributed by atoms with Gasteiger partial charge < -0.3 is 4.90 Å². The van der Waals surface area contributed by atoms with Crippen molar-refractivity contribution < 1.29 is 13.6 Å². The van der Waals surface area contributed by atoms with Crippen molar-refractivity contribution in [2.75, 3.05) is 7.05 Å². The molecule has 6 heteroatoms. The van der Waals surface area contributed by atoms with Crippen molar-refractivity contribution in [3.05, 3.63) is 52.0 Å². The van der Waals surface area contributed by atoms with E-state index in [-0.39, 0.29) is 6.54 Å². The Bertz CT molecular complexity index is 598. The van der Waals surface area contributed by atoms with Crippen LogP contribution >= 0.6 is 11.3 Å². The molecule has 20 heavy (non-hydrogen) atoms. The molecule has 2 heterocycles. The molecule has 0 unspecified atom stereocenters. The smallest absolute Gasteiger partial charge is 0.335 e. The summed E-state index contributed by atoms with van der Waals surface area (Å²) in [6.07, 6.45) is 1.25. The summed E-state index contributed by atoms with van der Waals surface area (Å²) in [6.45, 7) is 2.06. The SMILES string of the molecule is Cc1ccsc1CN(C)C(=O)C(F)(F)c1ccccn1. The third-order valence-electron chi connectivity index (χ3n) is 2.95. The Hall–Kier alpha value is -1.82. The van der Waals surface area contributed by atoms with Gasteiger partial charge >= 0.3 is 5.92 Å². The second-order valence-electron chi connectivity index (χ2n) is 4.48. The molecule has 0 aliphatic rings. The van der Waals surface area contributed by atoms with E-state index < -0.39 is 17.5 Å². The zero-order valence-electron chi connectivity index (χ0n) is 11.1. The summed E-state index contributed by atoms with van der Waals surface area (Å²) in [6, 6.07) is 6.02. The van der Waals surface area contributed by atoms with Gasteiger partial charge in [0.15, 0.2) is 0 Å². The second-order valence-corrected chi connectivity index (χ2v) is 5.48. The van der Waals surface area contributed by atoms with Crippen LogP contribution in [-0.4, -0.2) is 22.8 Å². The molecule has 1 amide bonds. The number of rotatable bonds is 4. The number of aryl methyl sites for hydroxylation is 1. The van der Waals surface area contributed by atoms with Gasteiger partial charge in [0.1, 0.15) is 5.69 Å². The van der Waals surface area contributed by atoms with Crippen molar-refractivity contribution in [1.29, 1.82) is 0 Å². The number of alkyl halides is 2. The van der Waals surface area contributed by atoms with E-state index in [1.54, 1.807) is 0 Å². The van der Waals surface area contributed by atoms with Crippen LogP contribution in [0, 0.1) is 6.92 Å². The molecule has 0 aliphatic carbocycles. The largest absolute Gasteiger partial charge is 0.366 e. The molecule has 0 atom stereocenters. The van der Waals surface area contributed by atoms with Gasteiger partial charge in [0, 0.05) is 18.1 Å². The number of hydrogen-bond acceptors (Lipinski definition) is 3. The highest BCUT2D eigenvalue weighted by atomic mass is 32.1. The van der Waals surface area contributed by atoms with Gasteiger partial charge in [0.25, 0.3) is 5.91 Å². The lowest BCUT2D eigenvalue weighted by Gasteiger charge is -2.22. The van der Waals surface area contributed by atoms with Crippen LogP contribution in [0.25, 0.3) is 0 Å². The van der Waals surface area contributed by atoms with E-state index in [1.165, 1.54) is 36.7 Å². The molecule has 0 fully saturated rings. The van der Waals surface area contributed by atoms with Gasteiger partial charge in [-0.3, -0.25) is 9.78 Å². The lowest BCUT2D eigenvalue weighted by molar-refractivity contribution is -0.158. The van der Waals surface area contributed by atoms with Crippen molar-refractivity contribution >= 4 is 17.2 Å². The summed E-state index contributed by atoms with van der Waals surface area (Å²) >= 11 is 1.45. The molecule has 0 N–H and O–H groups in total. The van der Waals surface area contributed by atoms with Crippen LogP contribution in [-0.2, 0) is 17.3 Å². The number of hydrogen-bond donors (Lipinski definition) is 0. The maximum absolute atomic E-state index is 14.1. The van der Waals surface area contributed by atoms with Crippen LogP contribution in [0.15, 0.2) is 35.8 Å². The number of aromatic nitrogens is 1. The van der Waals surface area contributed by atoms with E-state index in [4.69, 9.17) is 0 Å². The minimum Gasteiger partial charge on any atom is -0.335 e. The molecule has 0 aliphatic heterocycles. The number of carbonyl (C=O) groups excluding carboxylic acids is 1. The van der Waals surface area contributed by atoms with Gasteiger partial charge in [-0.2, -0.15) is 8.78 Å². The number of carbonyl (C=O) groups is 1. The molecule has 2 rings (SSSR count). The highest BCUT2D eigenvalue weighted by Crippen LogP contribution is 2.29. The molecular formula is C14H14F2N2OS. The molecule has 3 nitrogen and oxygen atoms in total. The molecule has 0 spiro atoms. The molecule has 0 saturated heterocycles. The zero-order chi connectivity index (χ0) is 14.8. The highest BCUT2D eigenvalue weighted by Gasteiger charge is 2.44. The molecule has 2 aromatic rings. The van der Waals surface area contributed by atoms with Gasteiger partial charge in [0.2, 0.25) is 0 Å². The Kier molecular flexibility index (Phi) is 4.13. The van der Waals surface area contributed by atoms with Crippen LogP contribution in [0.1, 0.15) is 16.1 Å². The van der Waals surface area contributed by atoms with E-state index in [9.17, 15) is 13.6 Å². The molecule has 2 aromatic heterocycles. The van der Waals surface area contributed by atoms with Crippen LogP contribution < -0.4 is 0 Å². The highest BCUT2D eigenvalue weighted by molar-refractivity contribution is 7.10. The summed E-state index contributed by atoms with van der Waals surface area (Å²) in [5.74, 6) is -4.86. The molecule has 106 valence electrons. The Morgan fingerprint density at radius 2 is 2.15 bits per heavy atom. The normalized spacial score (nSPS) is 11.4. The van der Waals surface area contributed by atoms with Crippen molar-refractivity contribution in [3.8, 4) is 0 Å². The van der Waals surface area contributed by atoms with Gasteiger partial charge in [0.05, 0.1) is 6.54 Å². The summed E-state index contributed by atoms with van der Waals surface area (Å²) in [5.41, 5.74) is 0.468. The second kappa shape index (κ2) is 5.66. The Morgan fingerprint density at radius 3 is 2.70 bits per heavy atom. The van der Waals surface area contributed by atoms with Gasteiger partial charge in [-0.1, -0.05) is 6.07 Å². The Labute approximate surface area is 119 Å². The van der Waals surface area contributed by atoms with Crippen molar-refractivity contribution in [3.63, 3.8) is 0 Å². The number of thiophene rings is 1. The summed E-state index contributed by atoms with van der Waals surface area (Å²) in [5, 5.41) is 1.87. The summed E-state index contributed by atoms with van der Waals surface area (Å²) in [4.78, 5) is 17.5. The van der Waals surface area contributed by atoms with Crippen molar-refractivity contribution in [2.24, 2.45) is 0 Å². The lowest BCUT2D eigenvalue weighted by atomic mass is 10.2. The molecule has 0 saturated carbocycles. The zero-order valence-corrected chi connectivity index (χ0v) is 12.0. The van der Waals surface area contributed by atoms with Gasteiger partial charge in [-0.25, -0.2) is 0 Å². The van der Waals surface area contributed by atoms with Crippen LogP contribution in [0.4, 0.5) is 8.78 Å². The molecular weight excluding hydrogens is 282 g/mol. The molecule has 0 radical (unpaired) electrons. The topological polar surface area (TPSA) is 33.2 Å². The maximum atomic E-state index is 14.1. The first-order valence-corrected chi connectivity index (χ1v) is 6.88. The van der Waals surface area contributed by atoms with Crippen LogP contribution in [0.3, 0.4) is 0 Å². The predicted molar refractivity (Wildman–Crippen MR) is 73.7 cm³/mol. The van der Waals surface area contributed by atoms with E-state index in [0.29, 0.717) is 0 Å². The molecule has 0 aromatic carbocycles. The first kappa shape index (κ1) is 14.6. The fourth-order valence-corrected chi connectivity index (χ4v) is 2.71. The average Bonchev–Trinajstić information content (AvgIpc) is 2.84.